The number of phenols is 1. The van der Waals surface area contributed by atoms with Crippen molar-refractivity contribution in [2.45, 2.75) is 36.9 Å². The molecular formula is C25H25N5O6. The van der Waals surface area contributed by atoms with Gasteiger partial charge in [0.15, 0.2) is 17.0 Å². The van der Waals surface area contributed by atoms with E-state index in [0.717, 1.165) is 0 Å². The minimum Gasteiger partial charge on any atom is -0.509 e. The van der Waals surface area contributed by atoms with Gasteiger partial charge in [-0.05, 0) is 51.6 Å². The number of nitriles is 1. The summed E-state index contributed by atoms with van der Waals surface area (Å²) in [4.78, 5) is 41.0. The third kappa shape index (κ3) is 2.76. The summed E-state index contributed by atoms with van der Waals surface area (Å²) in [6.07, 6.45) is -0.564. The van der Waals surface area contributed by atoms with Crippen molar-refractivity contribution >= 4 is 23.2 Å². The van der Waals surface area contributed by atoms with E-state index in [9.17, 15) is 35.0 Å². The highest BCUT2D eigenvalue weighted by Gasteiger charge is 2.74. The summed E-state index contributed by atoms with van der Waals surface area (Å²) in [7, 11) is 2.92. The second kappa shape index (κ2) is 7.67. The molecule has 0 aliphatic heterocycles. The number of likely N-dealkylation sites (N-methyl/N-ethyl adjacent to an activating group) is 1. The van der Waals surface area contributed by atoms with Crippen LogP contribution in [0.4, 0.5) is 0 Å². The molecule has 1 aromatic carbocycles. The van der Waals surface area contributed by atoms with Gasteiger partial charge in [-0.15, -0.1) is 5.92 Å². The third-order valence-corrected chi connectivity index (χ3v) is 7.39. The van der Waals surface area contributed by atoms with E-state index in [1.54, 1.807) is 13.0 Å². The summed E-state index contributed by atoms with van der Waals surface area (Å²) in [6.45, 7) is 1.60. The number of aliphatic hydroxyl groups excluding tert-OH is 2. The molecule has 0 aromatic heterocycles. The lowest BCUT2D eigenvalue weighted by molar-refractivity contribution is -0.139. The zero-order chi connectivity index (χ0) is 27.0. The van der Waals surface area contributed by atoms with Crippen LogP contribution in [0.5, 0.6) is 5.75 Å². The van der Waals surface area contributed by atoms with Crippen LogP contribution in [0.25, 0.3) is 5.76 Å². The van der Waals surface area contributed by atoms with Gasteiger partial charge in [-0.25, -0.2) is 0 Å². The number of aliphatic hydroxyl groups is 2. The molecule has 1 aromatic rings. The van der Waals surface area contributed by atoms with Gasteiger partial charge in [0.05, 0.1) is 34.3 Å². The Balaban J connectivity index is 2.15. The van der Waals surface area contributed by atoms with Crippen LogP contribution in [0, 0.1) is 28.6 Å². The fourth-order valence-corrected chi connectivity index (χ4v) is 6.08. The lowest BCUT2D eigenvalue weighted by Crippen LogP contribution is -2.80. The Labute approximate surface area is 206 Å². The van der Waals surface area contributed by atoms with Crippen LogP contribution in [0.3, 0.4) is 0 Å². The molecule has 36 heavy (non-hydrogen) atoms. The number of carbonyl (C=O) groups excluding carboxylic acids is 3. The lowest BCUT2D eigenvalue weighted by Gasteiger charge is -2.58. The highest BCUT2D eigenvalue weighted by molar-refractivity contribution is 6.25. The minimum atomic E-state index is -2.68. The molecular weight excluding hydrogens is 466 g/mol. The average molecular weight is 492 g/mol. The van der Waals surface area contributed by atoms with Crippen molar-refractivity contribution in [2.75, 3.05) is 14.1 Å². The Morgan fingerprint density at radius 1 is 1.19 bits per heavy atom. The van der Waals surface area contributed by atoms with Gasteiger partial charge < -0.3 is 32.5 Å². The smallest absolute Gasteiger partial charge is 0.255 e. The topological polar surface area (TPSA) is 217 Å². The first-order chi connectivity index (χ1) is 16.7. The highest BCUT2D eigenvalue weighted by atomic mass is 16.3. The van der Waals surface area contributed by atoms with Crippen LogP contribution in [0.15, 0.2) is 29.0 Å². The van der Waals surface area contributed by atoms with Crippen molar-refractivity contribution in [1.29, 1.82) is 5.26 Å². The van der Waals surface area contributed by atoms with Gasteiger partial charge in [-0.3, -0.25) is 19.3 Å². The SMILES string of the molecule is CC#Cc1ccc(O)c2c1C[C@@]1(N)C[C@@]3(N)[C@H](N(C)C)C(=O)C(C(N)=O)=C(O)[C@@]3(C#N)C(=O)C1=C2O. The Kier molecular flexibility index (Phi) is 5.31. The van der Waals surface area contributed by atoms with Crippen LogP contribution in [0.1, 0.15) is 30.0 Å². The zero-order valence-electron chi connectivity index (χ0n) is 19.8. The number of aromatic hydroxyl groups is 1. The fourth-order valence-electron chi connectivity index (χ4n) is 6.08. The maximum absolute atomic E-state index is 14.2. The van der Waals surface area contributed by atoms with E-state index < -0.39 is 69.1 Å². The van der Waals surface area contributed by atoms with Crippen LogP contribution < -0.4 is 17.2 Å². The molecule has 9 N–H and O–H groups in total. The third-order valence-electron chi connectivity index (χ3n) is 7.39. The second-order valence-corrected chi connectivity index (χ2v) is 9.64. The predicted molar refractivity (Wildman–Crippen MR) is 127 cm³/mol. The molecule has 1 saturated carbocycles. The van der Waals surface area contributed by atoms with Crippen molar-refractivity contribution in [3.8, 4) is 23.7 Å². The Morgan fingerprint density at radius 3 is 2.36 bits per heavy atom. The number of phenolic OH excluding ortho intramolecular Hbond substituents is 1. The van der Waals surface area contributed by atoms with Crippen molar-refractivity contribution in [2.24, 2.45) is 22.6 Å². The molecule has 0 saturated heterocycles. The first-order valence-corrected chi connectivity index (χ1v) is 10.9. The maximum atomic E-state index is 14.2. The molecule has 1 fully saturated rings. The molecule has 0 bridgehead atoms. The highest BCUT2D eigenvalue weighted by Crippen LogP contribution is 2.58. The van der Waals surface area contributed by atoms with E-state index >= 15 is 0 Å². The number of primary amides is 1. The van der Waals surface area contributed by atoms with E-state index in [1.807, 2.05) is 0 Å². The lowest BCUT2D eigenvalue weighted by atomic mass is 9.47. The maximum Gasteiger partial charge on any atom is 0.255 e. The molecule has 1 amide bonds. The van der Waals surface area contributed by atoms with E-state index in [1.165, 1.54) is 31.1 Å². The van der Waals surface area contributed by atoms with Crippen molar-refractivity contribution < 1.29 is 29.7 Å². The minimum absolute atomic E-state index is 0.0908. The largest absolute Gasteiger partial charge is 0.509 e. The number of nitrogens with two attached hydrogens (primary N) is 3. The van der Waals surface area contributed by atoms with Crippen LogP contribution in [-0.4, -0.2) is 68.9 Å². The Bertz CT molecular complexity index is 1440. The summed E-state index contributed by atoms with van der Waals surface area (Å²) in [5, 5.41) is 43.3. The quantitative estimate of drug-likeness (QED) is 0.225. The van der Waals surface area contributed by atoms with E-state index in [4.69, 9.17) is 17.2 Å². The number of hydrogen-bond acceptors (Lipinski definition) is 10. The van der Waals surface area contributed by atoms with Crippen LogP contribution in [-0.2, 0) is 20.8 Å². The number of fused-ring (bicyclic) bond motifs is 3. The van der Waals surface area contributed by atoms with Gasteiger partial charge in [0.25, 0.3) is 5.91 Å². The van der Waals surface area contributed by atoms with Crippen molar-refractivity contribution in [3.05, 3.63) is 45.7 Å². The van der Waals surface area contributed by atoms with Crippen molar-refractivity contribution in [1.82, 2.24) is 4.90 Å². The predicted octanol–water partition coefficient (Wildman–Crippen LogP) is -0.723. The first kappa shape index (κ1) is 24.9. The number of nitrogens with zero attached hydrogens (tertiary/aromatic N) is 2. The number of Topliss-reactive ketones (excluding diaryl/α,β-unsaturated/α-hetero) is 2. The second-order valence-electron chi connectivity index (χ2n) is 9.64. The molecule has 4 rings (SSSR count). The number of amides is 1. The molecule has 186 valence electrons. The average Bonchev–Trinajstić information content (AvgIpc) is 2.74. The first-order valence-electron chi connectivity index (χ1n) is 10.9. The molecule has 3 aliphatic rings. The van der Waals surface area contributed by atoms with Crippen LogP contribution >= 0.6 is 0 Å². The summed E-state index contributed by atoms with van der Waals surface area (Å²) in [5.74, 6) is -0.125. The van der Waals surface area contributed by atoms with Gasteiger partial charge in [-0.2, -0.15) is 5.26 Å². The van der Waals surface area contributed by atoms with E-state index in [-0.39, 0.29) is 17.7 Å². The number of ketones is 2. The Hall–Kier alpha value is -4.16. The van der Waals surface area contributed by atoms with Gasteiger partial charge in [0.1, 0.15) is 22.8 Å². The van der Waals surface area contributed by atoms with Crippen molar-refractivity contribution in [3.63, 3.8) is 0 Å². The summed E-state index contributed by atoms with van der Waals surface area (Å²) >= 11 is 0. The normalized spacial score (nSPS) is 31.2. The summed E-state index contributed by atoms with van der Waals surface area (Å²) < 4.78 is 0. The number of benzene rings is 1. The molecule has 0 radical (unpaired) electrons. The standard InChI is InChI=1S/C25H25N5O6/c1-4-5-11-6-7-13(31)14-12(11)8-23(28)9-25(29)19(30(2)3)18(33)15(22(27)36)20(34)24(25,10-26)21(35)16(23)17(14)32/h6-7,19,31-32,34H,8-9,28-29H2,1-3H3,(H2,27,36)/t19-,23-,24+,25-/m1/s1. The molecule has 3 aliphatic carbocycles. The molecule has 11 nitrogen and oxygen atoms in total. The molecule has 0 spiro atoms. The van der Waals surface area contributed by atoms with E-state index in [2.05, 4.69) is 11.8 Å². The monoisotopic (exact) mass is 491 g/mol. The molecule has 0 unspecified atom stereocenters. The van der Waals surface area contributed by atoms with Gasteiger partial charge >= 0.3 is 0 Å². The molecule has 11 heteroatoms. The van der Waals surface area contributed by atoms with Gasteiger partial charge in [0, 0.05) is 5.56 Å². The summed E-state index contributed by atoms with van der Waals surface area (Å²) in [5.41, 5.74) is 11.7. The van der Waals surface area contributed by atoms with Crippen LogP contribution in [0.2, 0.25) is 0 Å². The fraction of sp³-hybridized carbons (Fsp3) is 0.360. The number of carbonyl (C=O) groups is 3. The summed E-state index contributed by atoms with van der Waals surface area (Å²) in [6, 6.07) is 3.11. The van der Waals surface area contributed by atoms with E-state index in [0.29, 0.717) is 11.1 Å². The van der Waals surface area contributed by atoms with Gasteiger partial charge in [-0.1, -0.05) is 5.92 Å². The number of hydrogen-bond donors (Lipinski definition) is 6. The zero-order valence-corrected chi connectivity index (χ0v) is 19.8. The Morgan fingerprint density at radius 2 is 1.83 bits per heavy atom. The number of rotatable bonds is 2. The molecule has 0 heterocycles. The molecule has 4 atom stereocenters. The van der Waals surface area contributed by atoms with Gasteiger partial charge in [0.2, 0.25) is 0 Å².